The number of hydrogen-bond acceptors (Lipinski definition) is 7. The highest BCUT2D eigenvalue weighted by Crippen LogP contribution is 2.53. The van der Waals surface area contributed by atoms with Gasteiger partial charge in [0.2, 0.25) is 0 Å². The average molecular weight is 420 g/mol. The van der Waals surface area contributed by atoms with E-state index >= 15 is 0 Å². The van der Waals surface area contributed by atoms with Crippen LogP contribution in [-0.2, 0) is 24.5 Å². The molecule has 1 fully saturated rings. The van der Waals surface area contributed by atoms with E-state index in [2.05, 4.69) is 0 Å². The standard InChI is InChI=1S/C24H20O7/c1-13(25)29-21-23(2,3)31-22(27)24(21)12-28-17-10-9-15-16(26)11-18(30-20(15)19(17)24)14-7-5-4-6-8-14/h4-11,21H,12H2,1-3H3/t21-,24+/m1/s1. The molecule has 0 aliphatic carbocycles. The Labute approximate surface area is 177 Å². The van der Waals surface area contributed by atoms with E-state index in [1.807, 2.05) is 30.3 Å². The summed E-state index contributed by atoms with van der Waals surface area (Å²) < 4.78 is 23.3. The summed E-state index contributed by atoms with van der Waals surface area (Å²) >= 11 is 0. The molecule has 1 aromatic heterocycles. The van der Waals surface area contributed by atoms with E-state index in [-0.39, 0.29) is 17.6 Å². The molecule has 0 bridgehead atoms. The normalized spacial score (nSPS) is 23.5. The summed E-state index contributed by atoms with van der Waals surface area (Å²) in [6, 6.07) is 13.9. The van der Waals surface area contributed by atoms with Crippen LogP contribution in [0.5, 0.6) is 5.75 Å². The molecule has 7 heteroatoms. The lowest BCUT2D eigenvalue weighted by Crippen LogP contribution is -2.50. The van der Waals surface area contributed by atoms with Crippen molar-refractivity contribution in [1.82, 2.24) is 0 Å². The molecule has 5 rings (SSSR count). The molecule has 0 radical (unpaired) electrons. The van der Waals surface area contributed by atoms with Gasteiger partial charge in [0.25, 0.3) is 0 Å². The Bertz CT molecular complexity index is 1290. The van der Waals surface area contributed by atoms with Gasteiger partial charge in [-0.25, -0.2) is 0 Å². The number of rotatable bonds is 2. The molecule has 1 spiro atoms. The van der Waals surface area contributed by atoms with Gasteiger partial charge in [0.15, 0.2) is 16.9 Å². The highest BCUT2D eigenvalue weighted by Gasteiger charge is 2.68. The van der Waals surface area contributed by atoms with Gasteiger partial charge in [-0.05, 0) is 26.0 Å². The summed E-state index contributed by atoms with van der Waals surface area (Å²) in [6.45, 7) is 4.56. The third-order valence-electron chi connectivity index (χ3n) is 5.90. The van der Waals surface area contributed by atoms with Crippen molar-refractivity contribution in [3.05, 3.63) is 64.3 Å². The molecule has 0 amide bonds. The minimum absolute atomic E-state index is 0.0824. The molecular weight excluding hydrogens is 400 g/mol. The lowest BCUT2D eigenvalue weighted by atomic mass is 9.73. The van der Waals surface area contributed by atoms with Crippen LogP contribution in [-0.4, -0.2) is 30.3 Å². The number of carbonyl (C=O) groups is 2. The van der Waals surface area contributed by atoms with Crippen LogP contribution >= 0.6 is 0 Å². The molecule has 3 aromatic rings. The second kappa shape index (κ2) is 6.44. The van der Waals surface area contributed by atoms with E-state index in [0.717, 1.165) is 5.56 Å². The molecule has 3 heterocycles. The number of esters is 2. The Morgan fingerprint density at radius 1 is 1.10 bits per heavy atom. The van der Waals surface area contributed by atoms with E-state index in [1.165, 1.54) is 13.0 Å². The first-order valence-electron chi connectivity index (χ1n) is 9.94. The first-order valence-corrected chi connectivity index (χ1v) is 9.94. The quantitative estimate of drug-likeness (QED) is 0.587. The maximum Gasteiger partial charge on any atom is 0.325 e. The molecule has 2 aliphatic heterocycles. The zero-order valence-corrected chi connectivity index (χ0v) is 17.3. The van der Waals surface area contributed by atoms with Crippen molar-refractivity contribution in [2.45, 2.75) is 37.9 Å². The second-order valence-electron chi connectivity index (χ2n) is 8.40. The van der Waals surface area contributed by atoms with Crippen LogP contribution in [0.3, 0.4) is 0 Å². The van der Waals surface area contributed by atoms with E-state index in [1.54, 1.807) is 26.0 Å². The highest BCUT2D eigenvalue weighted by atomic mass is 16.6. The monoisotopic (exact) mass is 420 g/mol. The Morgan fingerprint density at radius 2 is 1.84 bits per heavy atom. The smallest absolute Gasteiger partial charge is 0.325 e. The number of hydrogen-bond donors (Lipinski definition) is 0. The van der Waals surface area contributed by atoms with Crippen LogP contribution in [0.2, 0.25) is 0 Å². The largest absolute Gasteiger partial charge is 0.491 e. The first kappa shape index (κ1) is 19.4. The Balaban J connectivity index is 1.82. The molecule has 2 aromatic carbocycles. The lowest BCUT2D eigenvalue weighted by Gasteiger charge is -2.30. The van der Waals surface area contributed by atoms with Crippen molar-refractivity contribution in [3.8, 4) is 17.1 Å². The summed E-state index contributed by atoms with van der Waals surface area (Å²) in [4.78, 5) is 38.1. The van der Waals surface area contributed by atoms with Gasteiger partial charge in [-0.3, -0.25) is 14.4 Å². The van der Waals surface area contributed by atoms with Gasteiger partial charge in [0.1, 0.15) is 29.3 Å². The van der Waals surface area contributed by atoms with Crippen LogP contribution in [0.4, 0.5) is 0 Å². The van der Waals surface area contributed by atoms with E-state index in [4.69, 9.17) is 18.6 Å². The van der Waals surface area contributed by atoms with Gasteiger partial charge in [-0.2, -0.15) is 0 Å². The topological polar surface area (TPSA) is 92.0 Å². The highest BCUT2D eigenvalue weighted by molar-refractivity contribution is 5.97. The molecule has 158 valence electrons. The lowest BCUT2D eigenvalue weighted by molar-refractivity contribution is -0.158. The number of cyclic esters (lactones) is 1. The summed E-state index contributed by atoms with van der Waals surface area (Å²) in [6.07, 6.45) is -0.956. The first-order chi connectivity index (χ1) is 14.7. The second-order valence-corrected chi connectivity index (χ2v) is 8.40. The predicted molar refractivity (Wildman–Crippen MR) is 111 cm³/mol. The number of fused-ring (bicyclic) bond motifs is 4. The van der Waals surface area contributed by atoms with Crippen molar-refractivity contribution >= 4 is 22.9 Å². The van der Waals surface area contributed by atoms with Crippen LogP contribution in [0, 0.1) is 0 Å². The molecule has 0 unspecified atom stereocenters. The SMILES string of the molecule is CC(=O)O[C@@H]1C(C)(C)OC(=O)[C@]12COc1ccc3c(=O)cc(-c4ccccc4)oc3c12. The zero-order valence-electron chi connectivity index (χ0n) is 17.3. The van der Waals surface area contributed by atoms with E-state index in [0.29, 0.717) is 22.5 Å². The van der Waals surface area contributed by atoms with Crippen LogP contribution in [0.25, 0.3) is 22.3 Å². The molecule has 31 heavy (non-hydrogen) atoms. The molecule has 2 aliphatic rings. The Hall–Kier alpha value is -3.61. The average Bonchev–Trinajstić information content (AvgIpc) is 3.20. The number of ether oxygens (including phenoxy) is 3. The van der Waals surface area contributed by atoms with Gasteiger partial charge in [0, 0.05) is 18.6 Å². The van der Waals surface area contributed by atoms with Crippen molar-refractivity contribution in [1.29, 1.82) is 0 Å². The van der Waals surface area contributed by atoms with Gasteiger partial charge in [-0.15, -0.1) is 0 Å². The molecule has 0 saturated carbocycles. The van der Waals surface area contributed by atoms with Crippen LogP contribution in [0.15, 0.2) is 57.7 Å². The third kappa shape index (κ3) is 2.69. The third-order valence-corrected chi connectivity index (χ3v) is 5.90. The van der Waals surface area contributed by atoms with Crippen molar-refractivity contribution in [2.24, 2.45) is 0 Å². The van der Waals surface area contributed by atoms with Crippen molar-refractivity contribution in [2.75, 3.05) is 6.61 Å². The maximum absolute atomic E-state index is 13.2. The van der Waals surface area contributed by atoms with Crippen LogP contribution < -0.4 is 10.2 Å². The van der Waals surface area contributed by atoms with Crippen molar-refractivity contribution < 1.29 is 28.2 Å². The fraction of sp³-hybridized carbons (Fsp3) is 0.292. The summed E-state index contributed by atoms with van der Waals surface area (Å²) in [7, 11) is 0. The molecule has 2 atom stereocenters. The fourth-order valence-corrected chi connectivity index (χ4v) is 4.61. The van der Waals surface area contributed by atoms with Crippen molar-refractivity contribution in [3.63, 3.8) is 0 Å². The van der Waals surface area contributed by atoms with Crippen LogP contribution in [0.1, 0.15) is 26.3 Å². The summed E-state index contributed by atoms with van der Waals surface area (Å²) in [5.41, 5.74) is -1.45. The predicted octanol–water partition coefficient (Wildman–Crippen LogP) is 3.36. The van der Waals surface area contributed by atoms with Gasteiger partial charge in [0.05, 0.1) is 10.9 Å². The number of benzene rings is 2. The number of carbonyl (C=O) groups excluding carboxylic acids is 2. The van der Waals surface area contributed by atoms with Gasteiger partial charge < -0.3 is 18.6 Å². The van der Waals surface area contributed by atoms with E-state index in [9.17, 15) is 14.4 Å². The fourth-order valence-electron chi connectivity index (χ4n) is 4.61. The summed E-state index contributed by atoms with van der Waals surface area (Å²) in [5.74, 6) is -0.366. The van der Waals surface area contributed by atoms with Gasteiger partial charge >= 0.3 is 11.9 Å². The Morgan fingerprint density at radius 3 is 2.55 bits per heavy atom. The minimum Gasteiger partial charge on any atom is -0.491 e. The van der Waals surface area contributed by atoms with E-state index < -0.39 is 29.1 Å². The van der Waals surface area contributed by atoms with Gasteiger partial charge in [-0.1, -0.05) is 30.3 Å². The Kier molecular flexibility index (Phi) is 4.02. The zero-order chi connectivity index (χ0) is 22.0. The minimum atomic E-state index is -1.44. The molecule has 0 N–H and O–H groups in total. The maximum atomic E-state index is 13.2. The summed E-state index contributed by atoms with van der Waals surface area (Å²) in [5, 5.41) is 0.308. The molecule has 7 nitrogen and oxygen atoms in total. The molecular formula is C24H20O7. The molecule has 1 saturated heterocycles.